The summed E-state index contributed by atoms with van der Waals surface area (Å²) in [5.74, 6) is 1.48. The first-order valence-electron chi connectivity index (χ1n) is 8.59. The first kappa shape index (κ1) is 16.8. The van der Waals surface area contributed by atoms with Crippen LogP contribution in [0.3, 0.4) is 0 Å². The minimum Gasteiger partial charge on any atom is -0.338 e. The van der Waals surface area contributed by atoms with E-state index in [0.717, 1.165) is 34.0 Å². The van der Waals surface area contributed by atoms with Gasteiger partial charge < -0.3 is 9.42 Å². The van der Waals surface area contributed by atoms with Gasteiger partial charge in [0.1, 0.15) is 4.88 Å². The molecule has 0 aromatic carbocycles. The SMILES string of the molecule is Cc1nc(C)c(C(=O)N2CCC(c3noc(-c4cccnc4)n3)CC2)s1. The number of likely N-dealkylation sites (tertiary alicyclic amines) is 1. The maximum atomic E-state index is 12.7. The predicted octanol–water partition coefficient (Wildman–Crippen LogP) is 3.22. The Morgan fingerprint density at radius 1 is 1.27 bits per heavy atom. The van der Waals surface area contributed by atoms with Gasteiger partial charge in [-0.1, -0.05) is 5.16 Å². The Morgan fingerprint density at radius 2 is 2.08 bits per heavy atom. The second-order valence-electron chi connectivity index (χ2n) is 6.41. The smallest absolute Gasteiger partial charge is 0.265 e. The van der Waals surface area contributed by atoms with Crippen LogP contribution in [-0.4, -0.2) is 44.0 Å². The van der Waals surface area contributed by atoms with E-state index in [1.807, 2.05) is 30.9 Å². The van der Waals surface area contributed by atoms with E-state index in [1.165, 1.54) is 11.3 Å². The molecule has 0 saturated carbocycles. The van der Waals surface area contributed by atoms with Crippen molar-refractivity contribution in [2.45, 2.75) is 32.6 Å². The largest absolute Gasteiger partial charge is 0.338 e. The zero-order valence-electron chi connectivity index (χ0n) is 14.7. The summed E-state index contributed by atoms with van der Waals surface area (Å²) < 4.78 is 5.38. The average Bonchev–Trinajstić information content (AvgIpc) is 3.29. The summed E-state index contributed by atoms with van der Waals surface area (Å²) in [5, 5.41) is 5.06. The van der Waals surface area contributed by atoms with Crippen LogP contribution < -0.4 is 0 Å². The lowest BCUT2D eigenvalue weighted by atomic mass is 9.96. The molecule has 7 nitrogen and oxygen atoms in total. The predicted molar refractivity (Wildman–Crippen MR) is 97.0 cm³/mol. The third-order valence-electron chi connectivity index (χ3n) is 4.60. The highest BCUT2D eigenvalue weighted by Crippen LogP contribution is 2.29. The van der Waals surface area contributed by atoms with Gasteiger partial charge in [-0.3, -0.25) is 9.78 Å². The van der Waals surface area contributed by atoms with Crippen LogP contribution in [0.5, 0.6) is 0 Å². The summed E-state index contributed by atoms with van der Waals surface area (Å²) in [6.07, 6.45) is 5.07. The molecule has 1 saturated heterocycles. The summed E-state index contributed by atoms with van der Waals surface area (Å²) >= 11 is 1.47. The van der Waals surface area contributed by atoms with Gasteiger partial charge in [-0.25, -0.2) is 4.98 Å². The standard InChI is InChI=1S/C18H19N5O2S/c1-11-15(26-12(2)20-11)18(24)23-8-5-13(6-9-23)16-21-17(25-22-16)14-4-3-7-19-10-14/h3-4,7,10,13H,5-6,8-9H2,1-2H3. The number of carbonyl (C=O) groups is 1. The Hall–Kier alpha value is -2.61. The molecule has 0 bridgehead atoms. The molecule has 1 aliphatic heterocycles. The molecule has 0 unspecified atom stereocenters. The number of aromatic nitrogens is 4. The fraction of sp³-hybridized carbons (Fsp3) is 0.389. The molecule has 3 aromatic rings. The van der Waals surface area contributed by atoms with E-state index in [4.69, 9.17) is 4.52 Å². The minimum atomic E-state index is 0.0794. The van der Waals surface area contributed by atoms with Crippen LogP contribution in [0.1, 0.15) is 45.0 Å². The van der Waals surface area contributed by atoms with Gasteiger partial charge in [0.2, 0.25) is 0 Å². The van der Waals surface area contributed by atoms with Gasteiger partial charge in [-0.15, -0.1) is 11.3 Å². The normalized spacial score (nSPS) is 15.4. The molecule has 134 valence electrons. The van der Waals surface area contributed by atoms with Gasteiger partial charge in [0.15, 0.2) is 5.82 Å². The number of aryl methyl sites for hydroxylation is 2. The lowest BCUT2D eigenvalue weighted by Crippen LogP contribution is -2.38. The number of piperidine rings is 1. The number of carbonyl (C=O) groups excluding carboxylic acids is 1. The quantitative estimate of drug-likeness (QED) is 0.705. The van der Waals surface area contributed by atoms with Gasteiger partial charge in [0, 0.05) is 31.4 Å². The highest BCUT2D eigenvalue weighted by atomic mass is 32.1. The summed E-state index contributed by atoms with van der Waals surface area (Å²) in [5.41, 5.74) is 1.63. The number of hydrogen-bond acceptors (Lipinski definition) is 7. The van der Waals surface area contributed by atoms with Crippen molar-refractivity contribution >= 4 is 17.2 Å². The van der Waals surface area contributed by atoms with Crippen LogP contribution in [-0.2, 0) is 0 Å². The van der Waals surface area contributed by atoms with Gasteiger partial charge >= 0.3 is 0 Å². The van der Waals surface area contributed by atoms with Gasteiger partial charge in [-0.2, -0.15) is 4.98 Å². The van der Waals surface area contributed by atoms with Crippen LogP contribution in [0.4, 0.5) is 0 Å². The minimum absolute atomic E-state index is 0.0794. The van der Waals surface area contributed by atoms with E-state index >= 15 is 0 Å². The van der Waals surface area contributed by atoms with E-state index in [2.05, 4.69) is 20.1 Å². The summed E-state index contributed by atoms with van der Waals surface area (Å²) in [6, 6.07) is 3.73. The monoisotopic (exact) mass is 369 g/mol. The van der Waals surface area contributed by atoms with E-state index in [9.17, 15) is 4.79 Å². The second-order valence-corrected chi connectivity index (χ2v) is 7.62. The van der Waals surface area contributed by atoms with Gasteiger partial charge in [0.05, 0.1) is 16.3 Å². The third-order valence-corrected chi connectivity index (χ3v) is 5.66. The summed E-state index contributed by atoms with van der Waals surface area (Å²) in [7, 11) is 0. The summed E-state index contributed by atoms with van der Waals surface area (Å²) in [4.78, 5) is 28.3. The Balaban J connectivity index is 1.42. The molecule has 0 spiro atoms. The molecule has 0 N–H and O–H groups in total. The fourth-order valence-electron chi connectivity index (χ4n) is 3.22. The number of thiazole rings is 1. The van der Waals surface area contributed by atoms with Crippen LogP contribution >= 0.6 is 11.3 Å². The maximum Gasteiger partial charge on any atom is 0.265 e. The fourth-order valence-corrected chi connectivity index (χ4v) is 4.11. The molecule has 0 aliphatic carbocycles. The molecule has 1 fully saturated rings. The number of amides is 1. The van der Waals surface area contributed by atoms with Crippen LogP contribution in [0, 0.1) is 13.8 Å². The van der Waals surface area contributed by atoms with E-state index in [1.54, 1.807) is 12.4 Å². The second kappa shape index (κ2) is 6.95. The molecular formula is C18H19N5O2S. The summed E-state index contributed by atoms with van der Waals surface area (Å²) in [6.45, 7) is 5.20. The third kappa shape index (κ3) is 3.24. The molecule has 4 heterocycles. The Bertz CT molecular complexity index is 913. The maximum absolute atomic E-state index is 12.7. The van der Waals surface area contributed by atoms with Crippen molar-refractivity contribution in [3.05, 3.63) is 45.9 Å². The van der Waals surface area contributed by atoms with Crippen molar-refractivity contribution in [3.8, 4) is 11.5 Å². The van der Waals surface area contributed by atoms with Crippen molar-refractivity contribution in [2.24, 2.45) is 0 Å². The molecule has 8 heteroatoms. The first-order chi connectivity index (χ1) is 12.6. The van der Waals surface area contributed by atoms with Crippen LogP contribution in [0.15, 0.2) is 29.0 Å². The molecular weight excluding hydrogens is 350 g/mol. The van der Waals surface area contributed by atoms with E-state index in [-0.39, 0.29) is 11.8 Å². The highest BCUT2D eigenvalue weighted by Gasteiger charge is 2.29. The van der Waals surface area contributed by atoms with Gasteiger partial charge in [0.25, 0.3) is 11.8 Å². The number of pyridine rings is 1. The molecule has 1 aliphatic rings. The van der Waals surface area contributed by atoms with Crippen molar-refractivity contribution in [1.29, 1.82) is 0 Å². The van der Waals surface area contributed by atoms with Crippen molar-refractivity contribution in [3.63, 3.8) is 0 Å². The van der Waals surface area contributed by atoms with Crippen LogP contribution in [0.25, 0.3) is 11.5 Å². The number of rotatable bonds is 3. The van der Waals surface area contributed by atoms with Crippen molar-refractivity contribution in [2.75, 3.05) is 13.1 Å². The highest BCUT2D eigenvalue weighted by molar-refractivity contribution is 7.13. The number of hydrogen-bond donors (Lipinski definition) is 0. The molecule has 4 rings (SSSR count). The van der Waals surface area contributed by atoms with Crippen molar-refractivity contribution < 1.29 is 9.32 Å². The van der Waals surface area contributed by atoms with E-state index in [0.29, 0.717) is 24.8 Å². The van der Waals surface area contributed by atoms with Crippen LogP contribution in [0.2, 0.25) is 0 Å². The zero-order chi connectivity index (χ0) is 18.1. The molecule has 0 radical (unpaired) electrons. The van der Waals surface area contributed by atoms with Crippen molar-refractivity contribution in [1.82, 2.24) is 25.0 Å². The lowest BCUT2D eigenvalue weighted by molar-refractivity contribution is 0.0714. The Labute approximate surface area is 155 Å². The van der Waals surface area contributed by atoms with E-state index < -0.39 is 0 Å². The Morgan fingerprint density at radius 3 is 2.73 bits per heavy atom. The lowest BCUT2D eigenvalue weighted by Gasteiger charge is -2.30. The molecule has 3 aromatic heterocycles. The molecule has 0 atom stereocenters. The zero-order valence-corrected chi connectivity index (χ0v) is 15.5. The first-order valence-corrected chi connectivity index (χ1v) is 9.41. The molecule has 1 amide bonds. The topological polar surface area (TPSA) is 85.0 Å². The Kier molecular flexibility index (Phi) is 4.50. The molecule has 26 heavy (non-hydrogen) atoms. The number of nitrogens with zero attached hydrogens (tertiary/aromatic N) is 5. The average molecular weight is 369 g/mol. The van der Waals surface area contributed by atoms with Gasteiger partial charge in [-0.05, 0) is 38.8 Å².